The fraction of sp³-hybridized carbons (Fsp3) is 0.448. The number of amides is 1. The number of hydrogen-bond donors (Lipinski definition) is 5. The second-order valence-electron chi connectivity index (χ2n) is 9.73. The second kappa shape index (κ2) is 16.4. The molecule has 6 N–H and O–H groups in total. The summed E-state index contributed by atoms with van der Waals surface area (Å²) in [4.78, 5) is 26.1. The molecule has 1 fully saturated rings. The van der Waals surface area contributed by atoms with Crippen LogP contribution in [0.4, 0.5) is 22.2 Å². The highest BCUT2D eigenvalue weighted by molar-refractivity contribution is 5.94. The number of nitrogens with one attached hydrogen (secondary N) is 4. The Balaban J connectivity index is 1.28. The summed E-state index contributed by atoms with van der Waals surface area (Å²) in [6.45, 7) is 3.67. The van der Waals surface area contributed by atoms with E-state index in [1.54, 1.807) is 24.3 Å². The second-order valence-corrected chi connectivity index (χ2v) is 9.73. The van der Waals surface area contributed by atoms with Gasteiger partial charge in [-0.2, -0.15) is 15.0 Å². The molecule has 0 bridgehead atoms. The first-order chi connectivity index (χ1) is 20.1. The molecule has 1 aromatic heterocycles. The summed E-state index contributed by atoms with van der Waals surface area (Å²) in [7, 11) is 0. The van der Waals surface area contributed by atoms with Gasteiger partial charge in [0.15, 0.2) is 0 Å². The van der Waals surface area contributed by atoms with Crippen molar-refractivity contribution < 1.29 is 18.7 Å². The number of carbonyl (C=O) groups is 1. The van der Waals surface area contributed by atoms with E-state index in [0.717, 1.165) is 24.0 Å². The lowest BCUT2D eigenvalue weighted by molar-refractivity contribution is 0.0511. The van der Waals surface area contributed by atoms with E-state index in [1.165, 1.54) is 25.0 Å². The molecule has 1 heterocycles. The summed E-state index contributed by atoms with van der Waals surface area (Å²) in [5.41, 5.74) is 7.81. The third-order valence-corrected chi connectivity index (χ3v) is 6.52. The maximum Gasteiger partial charge on any atom is 0.251 e. The molecule has 3 aromatic rings. The average molecular weight is 567 g/mol. The van der Waals surface area contributed by atoms with Gasteiger partial charge < -0.3 is 36.5 Å². The van der Waals surface area contributed by atoms with Gasteiger partial charge in [-0.3, -0.25) is 4.79 Å². The Morgan fingerprint density at radius 3 is 1.98 bits per heavy atom. The van der Waals surface area contributed by atoms with Crippen molar-refractivity contribution in [3.8, 4) is 0 Å². The summed E-state index contributed by atoms with van der Waals surface area (Å²) in [5.74, 6) is 0.922. The van der Waals surface area contributed by atoms with Crippen LogP contribution in [0.15, 0.2) is 48.5 Å². The van der Waals surface area contributed by atoms with Crippen LogP contribution in [-0.2, 0) is 22.6 Å². The Bertz CT molecular complexity index is 1210. The Morgan fingerprint density at radius 1 is 0.805 bits per heavy atom. The minimum Gasteiger partial charge on any atom is -0.378 e. The zero-order valence-electron chi connectivity index (χ0n) is 23.2. The molecule has 2 aromatic carbocycles. The van der Waals surface area contributed by atoms with Gasteiger partial charge in [0.05, 0.1) is 26.4 Å². The first-order valence-electron chi connectivity index (χ1n) is 14.1. The van der Waals surface area contributed by atoms with E-state index < -0.39 is 0 Å². The molecule has 4 rings (SSSR count). The van der Waals surface area contributed by atoms with Gasteiger partial charge in [-0.05, 0) is 48.2 Å². The highest BCUT2D eigenvalue weighted by Crippen LogP contribution is 2.22. The lowest BCUT2D eigenvalue weighted by Crippen LogP contribution is -2.27. The highest BCUT2D eigenvalue weighted by atomic mass is 19.1. The molecule has 1 saturated carbocycles. The van der Waals surface area contributed by atoms with Crippen LogP contribution in [0.3, 0.4) is 0 Å². The largest absolute Gasteiger partial charge is 0.378 e. The molecule has 220 valence electrons. The van der Waals surface area contributed by atoms with Crippen molar-refractivity contribution in [3.63, 3.8) is 0 Å². The number of rotatable bonds is 17. The molecule has 1 amide bonds. The minimum absolute atomic E-state index is 0.163. The number of anilines is 3. The predicted octanol–water partition coefficient (Wildman–Crippen LogP) is 3.31. The molecule has 41 heavy (non-hydrogen) atoms. The zero-order chi connectivity index (χ0) is 28.7. The van der Waals surface area contributed by atoms with Gasteiger partial charge in [0.2, 0.25) is 17.8 Å². The predicted molar refractivity (Wildman–Crippen MR) is 156 cm³/mol. The number of nitrogens with two attached hydrogens (primary N) is 1. The fourth-order valence-corrected chi connectivity index (χ4v) is 4.33. The Morgan fingerprint density at radius 2 is 1.37 bits per heavy atom. The maximum atomic E-state index is 13.3. The standard InChI is InChI=1S/C29H39FN8O3/c30-24-11-7-22(8-12-24)20-34-28-36-27(37-29(38-28)35-25-3-1-2-4-25)33-19-21-5-9-23(10-6-21)26(39)32-14-16-41-18-17-40-15-13-31/h5-12,25H,1-4,13-20,31H2,(H,32,39)(H3,33,34,35,36,37,38). The lowest BCUT2D eigenvalue weighted by Gasteiger charge is -2.15. The van der Waals surface area contributed by atoms with Crippen molar-refractivity contribution in [1.29, 1.82) is 0 Å². The van der Waals surface area contributed by atoms with Crippen LogP contribution in [0.5, 0.6) is 0 Å². The molecule has 1 aliphatic carbocycles. The van der Waals surface area contributed by atoms with E-state index in [9.17, 15) is 9.18 Å². The molecule has 0 unspecified atom stereocenters. The molecule has 12 heteroatoms. The first-order valence-corrected chi connectivity index (χ1v) is 14.1. The van der Waals surface area contributed by atoms with E-state index in [-0.39, 0.29) is 11.7 Å². The monoisotopic (exact) mass is 566 g/mol. The third kappa shape index (κ3) is 10.6. The maximum absolute atomic E-state index is 13.3. The lowest BCUT2D eigenvalue weighted by atomic mass is 10.1. The summed E-state index contributed by atoms with van der Waals surface area (Å²) in [5, 5.41) is 12.7. The zero-order valence-corrected chi connectivity index (χ0v) is 23.2. The number of aromatic nitrogens is 3. The van der Waals surface area contributed by atoms with Crippen LogP contribution in [-0.4, -0.2) is 66.4 Å². The van der Waals surface area contributed by atoms with Gasteiger partial charge in [0.25, 0.3) is 5.91 Å². The Kier molecular flexibility index (Phi) is 12.0. The van der Waals surface area contributed by atoms with Gasteiger partial charge in [0, 0.05) is 37.8 Å². The molecule has 0 atom stereocenters. The van der Waals surface area contributed by atoms with Crippen LogP contribution >= 0.6 is 0 Å². The quantitative estimate of drug-likeness (QED) is 0.154. The van der Waals surface area contributed by atoms with E-state index in [0.29, 0.717) is 82.1 Å². The van der Waals surface area contributed by atoms with E-state index in [4.69, 9.17) is 15.2 Å². The summed E-state index contributed by atoms with van der Waals surface area (Å²) in [6.07, 6.45) is 4.56. The molecular formula is C29H39FN8O3. The number of benzene rings is 2. The molecular weight excluding hydrogens is 527 g/mol. The number of nitrogens with zero attached hydrogens (tertiary/aromatic N) is 3. The smallest absolute Gasteiger partial charge is 0.251 e. The van der Waals surface area contributed by atoms with Gasteiger partial charge in [-0.25, -0.2) is 4.39 Å². The minimum atomic E-state index is -0.275. The van der Waals surface area contributed by atoms with E-state index in [1.807, 2.05) is 12.1 Å². The fourth-order valence-electron chi connectivity index (χ4n) is 4.33. The Hall–Kier alpha value is -3.87. The van der Waals surface area contributed by atoms with Crippen molar-refractivity contribution in [1.82, 2.24) is 20.3 Å². The first kappa shape index (κ1) is 30.1. The van der Waals surface area contributed by atoms with Crippen molar-refractivity contribution in [2.75, 3.05) is 55.5 Å². The van der Waals surface area contributed by atoms with Gasteiger partial charge in [-0.15, -0.1) is 0 Å². The Labute approximate surface area is 239 Å². The van der Waals surface area contributed by atoms with Gasteiger partial charge in [0.1, 0.15) is 5.82 Å². The van der Waals surface area contributed by atoms with Gasteiger partial charge in [-0.1, -0.05) is 37.1 Å². The average Bonchev–Trinajstić information content (AvgIpc) is 3.50. The summed E-state index contributed by atoms with van der Waals surface area (Å²) < 4.78 is 23.9. The van der Waals surface area contributed by atoms with E-state index >= 15 is 0 Å². The van der Waals surface area contributed by atoms with Crippen molar-refractivity contribution in [2.45, 2.75) is 44.8 Å². The van der Waals surface area contributed by atoms with Crippen molar-refractivity contribution in [2.24, 2.45) is 5.73 Å². The molecule has 0 spiro atoms. The van der Waals surface area contributed by atoms with Gasteiger partial charge >= 0.3 is 0 Å². The van der Waals surface area contributed by atoms with Crippen molar-refractivity contribution in [3.05, 3.63) is 71.0 Å². The number of hydrogen-bond acceptors (Lipinski definition) is 10. The SMILES string of the molecule is NCCOCCOCCNC(=O)c1ccc(CNc2nc(NCc3ccc(F)cc3)nc(NC3CCCC3)n2)cc1. The van der Waals surface area contributed by atoms with Crippen LogP contribution in [0.2, 0.25) is 0 Å². The topological polar surface area (TPSA) is 148 Å². The molecule has 1 aliphatic rings. The van der Waals surface area contributed by atoms with E-state index in [2.05, 4.69) is 36.2 Å². The number of halogens is 1. The number of carbonyl (C=O) groups excluding carboxylic acids is 1. The van der Waals surface area contributed by atoms with Crippen LogP contribution in [0, 0.1) is 5.82 Å². The molecule has 0 radical (unpaired) electrons. The summed E-state index contributed by atoms with van der Waals surface area (Å²) >= 11 is 0. The highest BCUT2D eigenvalue weighted by Gasteiger charge is 2.17. The molecule has 11 nitrogen and oxygen atoms in total. The summed E-state index contributed by atoms with van der Waals surface area (Å²) in [6, 6.07) is 14.0. The van der Waals surface area contributed by atoms with Crippen LogP contribution in [0.25, 0.3) is 0 Å². The molecule has 0 saturated heterocycles. The number of ether oxygens (including phenoxy) is 2. The third-order valence-electron chi connectivity index (χ3n) is 6.52. The normalized spacial score (nSPS) is 13.2. The molecule has 0 aliphatic heterocycles. The van der Waals surface area contributed by atoms with Crippen LogP contribution < -0.4 is 27.0 Å². The van der Waals surface area contributed by atoms with Crippen LogP contribution in [0.1, 0.15) is 47.2 Å². The van der Waals surface area contributed by atoms with Crippen molar-refractivity contribution >= 4 is 23.8 Å².